The molecule has 1 rings (SSSR count). The van der Waals surface area contributed by atoms with E-state index >= 15 is 0 Å². The van der Waals surface area contributed by atoms with Crippen molar-refractivity contribution in [2.75, 3.05) is 13.7 Å². The fourth-order valence-electron chi connectivity index (χ4n) is 1.33. The lowest BCUT2D eigenvalue weighted by Crippen LogP contribution is -2.05. The second-order valence-corrected chi connectivity index (χ2v) is 3.62. The van der Waals surface area contributed by atoms with Gasteiger partial charge in [-0.05, 0) is 31.0 Å². The number of benzene rings is 1. The van der Waals surface area contributed by atoms with E-state index in [0.29, 0.717) is 30.8 Å². The van der Waals surface area contributed by atoms with Gasteiger partial charge < -0.3 is 9.47 Å². The van der Waals surface area contributed by atoms with E-state index in [-0.39, 0.29) is 5.97 Å². The third kappa shape index (κ3) is 4.15. The minimum Gasteiger partial charge on any atom is -0.493 e. The van der Waals surface area contributed by atoms with Gasteiger partial charge >= 0.3 is 5.97 Å². The number of carbonyl (C=O) groups excluding carboxylic acids is 1. The number of methoxy groups -OCH3 is 1. The van der Waals surface area contributed by atoms with Crippen molar-refractivity contribution in [3.63, 3.8) is 0 Å². The van der Waals surface area contributed by atoms with Crippen LogP contribution in [-0.4, -0.2) is 19.7 Å². The monoisotopic (exact) mass is 233 g/mol. The molecule has 0 radical (unpaired) electrons. The number of esters is 1. The molecule has 0 unspecified atom stereocenters. The Balaban J connectivity index is 2.46. The Morgan fingerprint density at radius 3 is 2.88 bits per heavy atom. The molecular formula is C13H15NO3. The van der Waals surface area contributed by atoms with E-state index in [1.54, 1.807) is 12.1 Å². The average molecular weight is 233 g/mol. The number of carbonyl (C=O) groups is 1. The van der Waals surface area contributed by atoms with Crippen molar-refractivity contribution in [2.24, 2.45) is 0 Å². The van der Waals surface area contributed by atoms with Crippen molar-refractivity contribution in [1.82, 2.24) is 0 Å². The molecule has 0 aliphatic carbocycles. The molecule has 17 heavy (non-hydrogen) atoms. The van der Waals surface area contributed by atoms with E-state index in [1.165, 1.54) is 7.11 Å². The summed E-state index contributed by atoms with van der Waals surface area (Å²) < 4.78 is 10.0. The Morgan fingerprint density at radius 1 is 1.47 bits per heavy atom. The van der Waals surface area contributed by atoms with Gasteiger partial charge in [0.2, 0.25) is 0 Å². The fraction of sp³-hybridized carbons (Fsp3) is 0.385. The van der Waals surface area contributed by atoms with Crippen molar-refractivity contribution in [3.05, 3.63) is 29.3 Å². The molecule has 90 valence electrons. The lowest BCUT2D eigenvalue weighted by atomic mass is 10.1. The number of nitriles is 1. The predicted molar refractivity (Wildman–Crippen MR) is 62.6 cm³/mol. The fourth-order valence-corrected chi connectivity index (χ4v) is 1.33. The molecule has 4 heteroatoms. The Kier molecular flexibility index (Phi) is 5.02. The highest BCUT2D eigenvalue weighted by Gasteiger charge is 2.03. The molecule has 0 spiro atoms. The van der Waals surface area contributed by atoms with Crippen LogP contribution in [0.5, 0.6) is 5.75 Å². The summed E-state index contributed by atoms with van der Waals surface area (Å²) in [7, 11) is 1.36. The summed E-state index contributed by atoms with van der Waals surface area (Å²) in [4.78, 5) is 10.9. The van der Waals surface area contributed by atoms with Gasteiger partial charge in [0, 0.05) is 6.42 Å². The zero-order chi connectivity index (χ0) is 12.7. The van der Waals surface area contributed by atoms with Crippen LogP contribution in [0.1, 0.15) is 24.0 Å². The van der Waals surface area contributed by atoms with Gasteiger partial charge in [-0.25, -0.2) is 0 Å². The van der Waals surface area contributed by atoms with Gasteiger partial charge in [-0.2, -0.15) is 5.26 Å². The summed E-state index contributed by atoms with van der Waals surface area (Å²) in [5.74, 6) is 0.449. The van der Waals surface area contributed by atoms with Gasteiger partial charge in [-0.3, -0.25) is 4.79 Å². The molecule has 1 aromatic rings. The highest BCUT2D eigenvalue weighted by Crippen LogP contribution is 2.19. The maximum Gasteiger partial charge on any atom is 0.305 e. The van der Waals surface area contributed by atoms with E-state index < -0.39 is 0 Å². The lowest BCUT2D eigenvalue weighted by molar-refractivity contribution is -0.140. The first-order valence-corrected chi connectivity index (χ1v) is 5.37. The summed E-state index contributed by atoms with van der Waals surface area (Å²) in [5, 5.41) is 8.76. The van der Waals surface area contributed by atoms with Gasteiger partial charge in [0.05, 0.1) is 25.3 Å². The molecule has 0 N–H and O–H groups in total. The zero-order valence-electron chi connectivity index (χ0n) is 10.0. The second kappa shape index (κ2) is 6.54. The van der Waals surface area contributed by atoms with Crippen molar-refractivity contribution in [2.45, 2.75) is 19.8 Å². The molecule has 0 heterocycles. The van der Waals surface area contributed by atoms with Crippen LogP contribution in [0.4, 0.5) is 0 Å². The van der Waals surface area contributed by atoms with E-state index in [1.807, 2.05) is 13.0 Å². The molecule has 0 saturated heterocycles. The molecule has 0 atom stereocenters. The largest absolute Gasteiger partial charge is 0.493 e. The second-order valence-electron chi connectivity index (χ2n) is 3.62. The quantitative estimate of drug-likeness (QED) is 0.577. The molecular weight excluding hydrogens is 218 g/mol. The first-order chi connectivity index (χ1) is 8.17. The molecule has 0 fully saturated rings. The summed E-state index contributed by atoms with van der Waals surface area (Å²) in [6.45, 7) is 2.35. The number of rotatable bonds is 5. The van der Waals surface area contributed by atoms with Gasteiger partial charge in [0.15, 0.2) is 0 Å². The van der Waals surface area contributed by atoms with Crippen LogP contribution in [0.2, 0.25) is 0 Å². The molecule has 4 nitrogen and oxygen atoms in total. The number of ether oxygens (including phenoxy) is 2. The SMILES string of the molecule is COC(=O)CCCOc1cc(C#N)ccc1C. The van der Waals surface area contributed by atoms with Crippen LogP contribution in [0.15, 0.2) is 18.2 Å². The number of hydrogen-bond acceptors (Lipinski definition) is 4. The first-order valence-electron chi connectivity index (χ1n) is 5.37. The Morgan fingerprint density at radius 2 is 2.24 bits per heavy atom. The average Bonchev–Trinajstić information content (AvgIpc) is 2.36. The summed E-state index contributed by atoms with van der Waals surface area (Å²) in [6.07, 6.45) is 0.941. The highest BCUT2D eigenvalue weighted by atomic mass is 16.5. The molecule has 0 aliphatic rings. The van der Waals surface area contributed by atoms with Crippen LogP contribution in [0.25, 0.3) is 0 Å². The molecule has 0 aliphatic heterocycles. The van der Waals surface area contributed by atoms with Gasteiger partial charge in [0.25, 0.3) is 0 Å². The first kappa shape index (κ1) is 13.0. The molecule has 0 bridgehead atoms. The summed E-state index contributed by atoms with van der Waals surface area (Å²) >= 11 is 0. The minimum atomic E-state index is -0.240. The van der Waals surface area contributed by atoms with Crippen molar-refractivity contribution in [1.29, 1.82) is 5.26 Å². The smallest absolute Gasteiger partial charge is 0.305 e. The molecule has 0 saturated carbocycles. The van der Waals surface area contributed by atoms with E-state index in [9.17, 15) is 4.79 Å². The van der Waals surface area contributed by atoms with Crippen LogP contribution in [0.3, 0.4) is 0 Å². The normalized spacial score (nSPS) is 9.47. The topological polar surface area (TPSA) is 59.3 Å². The number of nitrogens with zero attached hydrogens (tertiary/aromatic N) is 1. The summed E-state index contributed by atoms with van der Waals surface area (Å²) in [5.41, 5.74) is 1.54. The standard InChI is InChI=1S/C13H15NO3/c1-10-5-6-11(9-14)8-12(10)17-7-3-4-13(15)16-2/h5-6,8H,3-4,7H2,1-2H3. The Hall–Kier alpha value is -2.02. The van der Waals surface area contributed by atoms with Crippen molar-refractivity contribution < 1.29 is 14.3 Å². The highest BCUT2D eigenvalue weighted by molar-refractivity contribution is 5.69. The van der Waals surface area contributed by atoms with E-state index in [2.05, 4.69) is 10.8 Å². The maximum atomic E-state index is 10.9. The molecule has 0 amide bonds. The van der Waals surface area contributed by atoms with Crippen molar-refractivity contribution in [3.8, 4) is 11.8 Å². The van der Waals surface area contributed by atoms with Gasteiger partial charge in [-0.15, -0.1) is 0 Å². The van der Waals surface area contributed by atoms with Gasteiger partial charge in [0.1, 0.15) is 5.75 Å². The molecule has 0 aromatic heterocycles. The number of hydrogen-bond donors (Lipinski definition) is 0. The van der Waals surface area contributed by atoms with E-state index in [4.69, 9.17) is 10.00 Å². The van der Waals surface area contributed by atoms with Gasteiger partial charge in [-0.1, -0.05) is 6.07 Å². The van der Waals surface area contributed by atoms with Crippen LogP contribution in [0, 0.1) is 18.3 Å². The number of aryl methyl sites for hydroxylation is 1. The minimum absolute atomic E-state index is 0.240. The van der Waals surface area contributed by atoms with E-state index in [0.717, 1.165) is 5.56 Å². The Bertz CT molecular complexity index is 435. The Labute approximate surface area is 101 Å². The van der Waals surface area contributed by atoms with Crippen LogP contribution >= 0.6 is 0 Å². The van der Waals surface area contributed by atoms with Crippen molar-refractivity contribution >= 4 is 5.97 Å². The van der Waals surface area contributed by atoms with Crippen LogP contribution < -0.4 is 4.74 Å². The lowest BCUT2D eigenvalue weighted by Gasteiger charge is -2.08. The molecule has 1 aromatic carbocycles. The zero-order valence-corrected chi connectivity index (χ0v) is 10.0. The van der Waals surface area contributed by atoms with Crippen LogP contribution in [-0.2, 0) is 9.53 Å². The third-order valence-electron chi connectivity index (χ3n) is 2.33. The maximum absolute atomic E-state index is 10.9. The third-order valence-corrected chi connectivity index (χ3v) is 2.33. The summed E-state index contributed by atoms with van der Waals surface area (Å²) in [6, 6.07) is 7.35. The predicted octanol–water partition coefficient (Wildman–Crippen LogP) is 2.20.